The molecule has 0 spiro atoms. The van der Waals surface area contributed by atoms with Gasteiger partial charge in [0.05, 0.1) is 26.6 Å². The Bertz CT molecular complexity index is 364. The Kier molecular flexibility index (Phi) is 8.71. The molecule has 0 aliphatic rings. The minimum absolute atomic E-state index is 0. The molecule has 0 radical (unpaired) electrons. The third-order valence-corrected chi connectivity index (χ3v) is 2.73. The molecule has 0 amide bonds. The van der Waals surface area contributed by atoms with Crippen LogP contribution in [0.25, 0.3) is 0 Å². The number of ether oxygens (including phenoxy) is 1. The summed E-state index contributed by atoms with van der Waals surface area (Å²) in [4.78, 5) is 11.1. The summed E-state index contributed by atoms with van der Waals surface area (Å²) < 4.78 is 9.10. The number of esters is 1. The van der Waals surface area contributed by atoms with Crippen LogP contribution in [0.1, 0.15) is 38.8 Å². The van der Waals surface area contributed by atoms with E-state index in [-0.39, 0.29) is 23.0 Å². The number of imidazole rings is 1. The number of hydrogen-bond donors (Lipinski definition) is 0. The molecule has 0 aromatic carbocycles. The van der Waals surface area contributed by atoms with Gasteiger partial charge in [-0.1, -0.05) is 13.8 Å². The molecule has 0 aliphatic carbocycles. The van der Waals surface area contributed by atoms with Gasteiger partial charge >= 0.3 is 5.97 Å². The Labute approximate surface area is 120 Å². The maximum atomic E-state index is 11.1. The molecular weight excluding hydrogens is 296 g/mol. The van der Waals surface area contributed by atoms with Gasteiger partial charge in [0.25, 0.3) is 0 Å². The van der Waals surface area contributed by atoms with Crippen LogP contribution in [-0.2, 0) is 29.0 Å². The number of aromatic nitrogens is 2. The van der Waals surface area contributed by atoms with E-state index in [0.29, 0.717) is 6.42 Å². The first-order valence-electron chi connectivity index (χ1n) is 6.36. The highest BCUT2D eigenvalue weighted by molar-refractivity contribution is 5.69. The van der Waals surface area contributed by atoms with Crippen molar-refractivity contribution in [3.05, 3.63) is 18.2 Å². The highest BCUT2D eigenvalue weighted by Gasteiger charge is 2.14. The smallest absolute Gasteiger partial charge is 0.305 e. The van der Waals surface area contributed by atoms with E-state index in [0.717, 1.165) is 32.4 Å². The van der Waals surface area contributed by atoms with Crippen molar-refractivity contribution in [3.8, 4) is 0 Å². The van der Waals surface area contributed by atoms with Gasteiger partial charge in [0.15, 0.2) is 0 Å². The van der Waals surface area contributed by atoms with Crippen LogP contribution < -0.4 is 21.5 Å². The molecule has 0 N–H and O–H groups in total. The van der Waals surface area contributed by atoms with Crippen molar-refractivity contribution in [2.45, 2.75) is 52.6 Å². The summed E-state index contributed by atoms with van der Waals surface area (Å²) in [7, 11) is 1.44. The summed E-state index contributed by atoms with van der Waals surface area (Å²) in [6.45, 7) is 6.36. The molecule has 0 saturated carbocycles. The quantitative estimate of drug-likeness (QED) is 0.463. The largest absolute Gasteiger partial charge is 1.00 e. The molecule has 104 valence electrons. The van der Waals surface area contributed by atoms with E-state index in [1.807, 2.05) is 0 Å². The van der Waals surface area contributed by atoms with Crippen LogP contribution in [0, 0.1) is 0 Å². The summed E-state index contributed by atoms with van der Waals surface area (Å²) in [5.41, 5.74) is 1.21. The zero-order valence-electron chi connectivity index (χ0n) is 11.5. The molecule has 18 heavy (non-hydrogen) atoms. The third-order valence-electron chi connectivity index (χ3n) is 2.73. The van der Waals surface area contributed by atoms with Crippen molar-refractivity contribution in [2.75, 3.05) is 7.11 Å². The fourth-order valence-corrected chi connectivity index (χ4v) is 1.92. The van der Waals surface area contributed by atoms with E-state index >= 15 is 0 Å². The van der Waals surface area contributed by atoms with Crippen molar-refractivity contribution in [3.63, 3.8) is 0 Å². The van der Waals surface area contributed by atoms with Gasteiger partial charge in [0.2, 0.25) is 6.33 Å². The maximum absolute atomic E-state index is 11.1. The minimum Gasteiger partial charge on any atom is -1.00 e. The predicted octanol–water partition coefficient (Wildman–Crippen LogP) is -1.29. The standard InChI is InChI=1S/C13H23N2O2.BrH/c1-4-8-14-10-12(6-7-13(16)17-3)15(11-14)9-5-2;/h10-11H,4-9H2,1-3H3;1H/q+1;/p-1. The van der Waals surface area contributed by atoms with Gasteiger partial charge in [0, 0.05) is 6.42 Å². The molecular formula is C13H23BrN2O2. The predicted molar refractivity (Wildman–Crippen MR) is 65.5 cm³/mol. The van der Waals surface area contributed by atoms with E-state index < -0.39 is 0 Å². The van der Waals surface area contributed by atoms with Gasteiger partial charge < -0.3 is 21.7 Å². The van der Waals surface area contributed by atoms with E-state index in [9.17, 15) is 4.79 Å². The maximum Gasteiger partial charge on any atom is 0.305 e. The van der Waals surface area contributed by atoms with Gasteiger partial charge in [-0.2, -0.15) is 0 Å². The lowest BCUT2D eigenvalue weighted by Gasteiger charge is -1.99. The molecule has 0 atom stereocenters. The van der Waals surface area contributed by atoms with Crippen LogP contribution in [-0.4, -0.2) is 17.6 Å². The van der Waals surface area contributed by atoms with E-state index in [1.165, 1.54) is 12.8 Å². The average Bonchev–Trinajstić information content (AvgIpc) is 2.69. The number of methoxy groups -OCH3 is 1. The monoisotopic (exact) mass is 318 g/mol. The number of nitrogens with zero attached hydrogens (tertiary/aromatic N) is 2. The van der Waals surface area contributed by atoms with Crippen LogP contribution in [0.2, 0.25) is 0 Å². The second-order valence-electron chi connectivity index (χ2n) is 4.24. The number of carbonyl (C=O) groups is 1. The first-order chi connectivity index (χ1) is 8.21. The molecule has 0 aliphatic heterocycles. The summed E-state index contributed by atoms with van der Waals surface area (Å²) in [5.74, 6) is -0.142. The molecule has 0 saturated heterocycles. The van der Waals surface area contributed by atoms with E-state index in [1.54, 1.807) is 0 Å². The molecule has 0 fully saturated rings. The zero-order valence-corrected chi connectivity index (χ0v) is 13.1. The van der Waals surface area contributed by atoms with Crippen LogP contribution in [0.4, 0.5) is 0 Å². The first-order valence-corrected chi connectivity index (χ1v) is 6.36. The van der Waals surface area contributed by atoms with Gasteiger partial charge in [-0.3, -0.25) is 4.79 Å². The van der Waals surface area contributed by atoms with Crippen LogP contribution in [0.15, 0.2) is 12.5 Å². The zero-order chi connectivity index (χ0) is 12.7. The normalized spacial score (nSPS) is 9.94. The number of aryl methyl sites for hydroxylation is 3. The van der Waals surface area contributed by atoms with Gasteiger partial charge in [-0.15, -0.1) is 0 Å². The van der Waals surface area contributed by atoms with Crippen LogP contribution in [0.3, 0.4) is 0 Å². The van der Waals surface area contributed by atoms with E-state index in [2.05, 4.69) is 40.2 Å². The van der Waals surface area contributed by atoms with Crippen molar-refractivity contribution < 1.29 is 31.1 Å². The topological polar surface area (TPSA) is 35.1 Å². The number of carbonyl (C=O) groups excluding carboxylic acids is 1. The summed E-state index contributed by atoms with van der Waals surface area (Å²) in [5, 5.41) is 0. The third kappa shape index (κ3) is 5.21. The summed E-state index contributed by atoms with van der Waals surface area (Å²) in [6, 6.07) is 0. The highest BCUT2D eigenvalue weighted by atomic mass is 79.9. The molecule has 1 heterocycles. The molecule has 0 unspecified atom stereocenters. The Hall–Kier alpha value is -0.840. The lowest BCUT2D eigenvalue weighted by atomic mass is 10.2. The average molecular weight is 319 g/mol. The molecule has 1 rings (SSSR count). The SMILES string of the molecule is CCCn1c[n+](CCC)cc1CCC(=O)OC.[Br-]. The Balaban J connectivity index is 0.00000289. The summed E-state index contributed by atoms with van der Waals surface area (Å²) in [6.07, 6.45) is 7.71. The van der Waals surface area contributed by atoms with Crippen molar-refractivity contribution in [2.24, 2.45) is 0 Å². The van der Waals surface area contributed by atoms with Gasteiger partial charge in [-0.25, -0.2) is 9.13 Å². The first kappa shape index (κ1) is 17.2. The molecule has 1 aromatic rings. The molecule has 0 bridgehead atoms. The second kappa shape index (κ2) is 9.14. The van der Waals surface area contributed by atoms with Crippen LogP contribution >= 0.6 is 0 Å². The molecule has 4 nitrogen and oxygen atoms in total. The number of halogens is 1. The molecule has 1 aromatic heterocycles. The van der Waals surface area contributed by atoms with Crippen molar-refractivity contribution >= 4 is 5.97 Å². The fraction of sp³-hybridized carbons (Fsp3) is 0.692. The Morgan fingerprint density at radius 3 is 2.67 bits per heavy atom. The van der Waals surface area contributed by atoms with Crippen LogP contribution in [0.5, 0.6) is 0 Å². The van der Waals surface area contributed by atoms with E-state index in [4.69, 9.17) is 0 Å². The number of rotatable bonds is 7. The van der Waals surface area contributed by atoms with Crippen molar-refractivity contribution in [1.29, 1.82) is 0 Å². The van der Waals surface area contributed by atoms with Crippen molar-refractivity contribution in [1.82, 2.24) is 4.57 Å². The molecule has 5 heteroatoms. The fourth-order valence-electron chi connectivity index (χ4n) is 1.92. The highest BCUT2D eigenvalue weighted by Crippen LogP contribution is 2.04. The Morgan fingerprint density at radius 2 is 2.11 bits per heavy atom. The second-order valence-corrected chi connectivity index (χ2v) is 4.24. The van der Waals surface area contributed by atoms with Gasteiger partial charge in [-0.05, 0) is 12.8 Å². The Morgan fingerprint density at radius 1 is 1.39 bits per heavy atom. The summed E-state index contributed by atoms with van der Waals surface area (Å²) >= 11 is 0. The minimum atomic E-state index is -0.142. The lowest BCUT2D eigenvalue weighted by Crippen LogP contribution is -3.00. The van der Waals surface area contributed by atoms with Gasteiger partial charge in [0.1, 0.15) is 11.9 Å². The lowest BCUT2D eigenvalue weighted by molar-refractivity contribution is -0.696. The number of hydrogen-bond acceptors (Lipinski definition) is 2.